The van der Waals surface area contributed by atoms with Gasteiger partial charge in [-0.1, -0.05) is 12.1 Å². The zero-order valence-electron chi connectivity index (χ0n) is 11.6. The molecule has 4 N–H and O–H groups in total. The topological polar surface area (TPSA) is 75.3 Å². The molecule has 0 bridgehead atoms. The van der Waals surface area contributed by atoms with Crippen molar-refractivity contribution in [1.82, 2.24) is 0 Å². The van der Waals surface area contributed by atoms with E-state index in [-0.39, 0.29) is 17.4 Å². The summed E-state index contributed by atoms with van der Waals surface area (Å²) in [5.74, 6) is -1.30. The Kier molecular flexibility index (Phi) is 4.42. The molecule has 2 aromatic rings. The summed E-state index contributed by atoms with van der Waals surface area (Å²) in [6.45, 7) is 1.94. The van der Waals surface area contributed by atoms with Gasteiger partial charge in [0.25, 0.3) is 0 Å². The number of nitrogens with one attached hydrogen (secondary N) is 1. The third-order valence-electron chi connectivity index (χ3n) is 3.13. The molecule has 0 radical (unpaired) electrons. The van der Waals surface area contributed by atoms with E-state index in [9.17, 15) is 14.3 Å². The number of hydrogen-bond donors (Lipinski definition) is 3. The van der Waals surface area contributed by atoms with Crippen molar-refractivity contribution in [2.45, 2.75) is 19.4 Å². The standard InChI is InChI=1S/C16H17FN2O2/c1-10(8-11-2-4-12(17)5-3-11)19-15-7-6-13(18)9-14(15)16(20)21/h2-7,9-10,19H,8,18H2,1H3,(H,20,21). The maximum atomic E-state index is 12.9. The summed E-state index contributed by atoms with van der Waals surface area (Å²) in [5, 5.41) is 12.3. The van der Waals surface area contributed by atoms with Crippen molar-refractivity contribution in [3.05, 3.63) is 59.4 Å². The van der Waals surface area contributed by atoms with Gasteiger partial charge in [-0.2, -0.15) is 0 Å². The summed E-state index contributed by atoms with van der Waals surface area (Å²) in [7, 11) is 0. The molecule has 0 spiro atoms. The predicted octanol–water partition coefficient (Wildman–Crippen LogP) is 3.15. The molecule has 0 aliphatic carbocycles. The molecule has 0 saturated heterocycles. The highest BCUT2D eigenvalue weighted by Gasteiger charge is 2.12. The van der Waals surface area contributed by atoms with Crippen LogP contribution in [0.4, 0.5) is 15.8 Å². The Morgan fingerprint density at radius 2 is 1.95 bits per heavy atom. The molecular formula is C16H17FN2O2. The zero-order valence-corrected chi connectivity index (χ0v) is 11.6. The number of carboxylic acids is 1. The van der Waals surface area contributed by atoms with Gasteiger partial charge in [0.15, 0.2) is 0 Å². The van der Waals surface area contributed by atoms with Crippen molar-refractivity contribution in [3.63, 3.8) is 0 Å². The van der Waals surface area contributed by atoms with E-state index in [1.165, 1.54) is 18.2 Å². The zero-order chi connectivity index (χ0) is 15.4. The van der Waals surface area contributed by atoms with E-state index in [2.05, 4.69) is 5.32 Å². The molecule has 0 fully saturated rings. The molecule has 21 heavy (non-hydrogen) atoms. The molecular weight excluding hydrogens is 271 g/mol. The number of aromatic carboxylic acids is 1. The Labute approximate surface area is 122 Å². The lowest BCUT2D eigenvalue weighted by molar-refractivity contribution is 0.0698. The van der Waals surface area contributed by atoms with E-state index in [4.69, 9.17) is 5.73 Å². The van der Waals surface area contributed by atoms with Crippen LogP contribution in [0.2, 0.25) is 0 Å². The maximum Gasteiger partial charge on any atom is 0.337 e. The van der Waals surface area contributed by atoms with Crippen LogP contribution >= 0.6 is 0 Å². The van der Waals surface area contributed by atoms with E-state index in [1.807, 2.05) is 6.92 Å². The van der Waals surface area contributed by atoms with Crippen LogP contribution in [0.15, 0.2) is 42.5 Å². The second-order valence-corrected chi connectivity index (χ2v) is 4.99. The Balaban J connectivity index is 2.10. The van der Waals surface area contributed by atoms with Crippen molar-refractivity contribution in [2.75, 3.05) is 11.1 Å². The van der Waals surface area contributed by atoms with Gasteiger partial charge in [0.1, 0.15) is 5.82 Å². The van der Waals surface area contributed by atoms with Crippen LogP contribution in [0.3, 0.4) is 0 Å². The average molecular weight is 288 g/mol. The van der Waals surface area contributed by atoms with Crippen LogP contribution < -0.4 is 11.1 Å². The van der Waals surface area contributed by atoms with Gasteiger partial charge in [-0.25, -0.2) is 9.18 Å². The molecule has 4 nitrogen and oxygen atoms in total. The molecule has 1 unspecified atom stereocenters. The number of carboxylic acid groups (broad SMARTS) is 1. The molecule has 1 atom stereocenters. The molecule has 110 valence electrons. The lowest BCUT2D eigenvalue weighted by Gasteiger charge is -2.17. The van der Waals surface area contributed by atoms with Crippen LogP contribution in [-0.2, 0) is 6.42 Å². The normalized spacial score (nSPS) is 11.9. The Hall–Kier alpha value is -2.56. The summed E-state index contributed by atoms with van der Waals surface area (Å²) < 4.78 is 12.9. The first-order chi connectivity index (χ1) is 9.95. The number of benzene rings is 2. The third kappa shape index (κ3) is 3.95. The van der Waals surface area contributed by atoms with Crippen molar-refractivity contribution in [2.24, 2.45) is 0 Å². The van der Waals surface area contributed by atoms with Gasteiger partial charge in [0.05, 0.1) is 5.56 Å². The van der Waals surface area contributed by atoms with Crippen LogP contribution in [0.5, 0.6) is 0 Å². The second kappa shape index (κ2) is 6.26. The number of hydrogen-bond acceptors (Lipinski definition) is 3. The lowest BCUT2D eigenvalue weighted by Crippen LogP contribution is -2.20. The first kappa shape index (κ1) is 14.8. The van der Waals surface area contributed by atoms with Crippen LogP contribution in [-0.4, -0.2) is 17.1 Å². The summed E-state index contributed by atoms with van der Waals surface area (Å²) >= 11 is 0. The first-order valence-corrected chi connectivity index (χ1v) is 6.59. The number of rotatable bonds is 5. The smallest absolute Gasteiger partial charge is 0.337 e. The van der Waals surface area contributed by atoms with E-state index >= 15 is 0 Å². The van der Waals surface area contributed by atoms with Gasteiger partial charge in [-0.05, 0) is 49.2 Å². The molecule has 2 aromatic carbocycles. The first-order valence-electron chi connectivity index (χ1n) is 6.59. The molecule has 0 heterocycles. The SMILES string of the molecule is CC(Cc1ccc(F)cc1)Nc1ccc(N)cc1C(=O)O. The van der Waals surface area contributed by atoms with Gasteiger partial charge < -0.3 is 16.2 Å². The molecule has 2 rings (SSSR count). The summed E-state index contributed by atoms with van der Waals surface area (Å²) in [4.78, 5) is 11.2. The van der Waals surface area contributed by atoms with E-state index in [1.54, 1.807) is 24.3 Å². The average Bonchev–Trinajstić information content (AvgIpc) is 2.43. The van der Waals surface area contributed by atoms with Gasteiger partial charge in [-0.15, -0.1) is 0 Å². The predicted molar refractivity (Wildman–Crippen MR) is 81.0 cm³/mol. The Morgan fingerprint density at radius 3 is 2.57 bits per heavy atom. The fraction of sp³-hybridized carbons (Fsp3) is 0.188. The number of carbonyl (C=O) groups is 1. The minimum atomic E-state index is -1.03. The largest absolute Gasteiger partial charge is 0.478 e. The van der Waals surface area contributed by atoms with Gasteiger partial charge in [0, 0.05) is 17.4 Å². The second-order valence-electron chi connectivity index (χ2n) is 4.99. The summed E-state index contributed by atoms with van der Waals surface area (Å²) in [6.07, 6.45) is 0.656. The van der Waals surface area contributed by atoms with Crippen LogP contribution in [0.1, 0.15) is 22.8 Å². The van der Waals surface area contributed by atoms with Gasteiger partial charge >= 0.3 is 5.97 Å². The van der Waals surface area contributed by atoms with Crippen LogP contribution in [0, 0.1) is 5.82 Å². The molecule has 0 amide bonds. The summed E-state index contributed by atoms with van der Waals surface area (Å²) in [6, 6.07) is 11.0. The minimum absolute atomic E-state index is 0.00261. The van der Waals surface area contributed by atoms with Gasteiger partial charge in [-0.3, -0.25) is 0 Å². The molecule has 0 saturated carbocycles. The number of nitrogens with two attached hydrogens (primary N) is 1. The van der Waals surface area contributed by atoms with Crippen molar-refractivity contribution >= 4 is 17.3 Å². The van der Waals surface area contributed by atoms with E-state index < -0.39 is 5.97 Å². The number of nitrogen functional groups attached to an aromatic ring is 1. The third-order valence-corrected chi connectivity index (χ3v) is 3.13. The number of halogens is 1. The highest BCUT2D eigenvalue weighted by molar-refractivity contribution is 5.95. The lowest BCUT2D eigenvalue weighted by atomic mass is 10.1. The molecule has 0 aromatic heterocycles. The van der Waals surface area contributed by atoms with Crippen molar-refractivity contribution in [3.8, 4) is 0 Å². The Morgan fingerprint density at radius 1 is 1.29 bits per heavy atom. The fourth-order valence-electron chi connectivity index (χ4n) is 2.16. The maximum absolute atomic E-state index is 12.9. The highest BCUT2D eigenvalue weighted by atomic mass is 19.1. The summed E-state index contributed by atoms with van der Waals surface area (Å²) in [5.41, 5.74) is 7.65. The van der Waals surface area contributed by atoms with Crippen LogP contribution in [0.25, 0.3) is 0 Å². The quantitative estimate of drug-likeness (QED) is 0.739. The minimum Gasteiger partial charge on any atom is -0.478 e. The van der Waals surface area contributed by atoms with E-state index in [0.29, 0.717) is 17.8 Å². The van der Waals surface area contributed by atoms with Gasteiger partial charge in [0.2, 0.25) is 0 Å². The molecule has 0 aliphatic heterocycles. The monoisotopic (exact) mass is 288 g/mol. The Bertz CT molecular complexity index is 641. The van der Waals surface area contributed by atoms with E-state index in [0.717, 1.165) is 5.56 Å². The number of anilines is 2. The highest BCUT2D eigenvalue weighted by Crippen LogP contribution is 2.20. The molecule has 5 heteroatoms. The molecule has 0 aliphatic rings. The fourth-order valence-corrected chi connectivity index (χ4v) is 2.16. The van der Waals surface area contributed by atoms with Crippen molar-refractivity contribution in [1.29, 1.82) is 0 Å². The van der Waals surface area contributed by atoms with Crippen molar-refractivity contribution < 1.29 is 14.3 Å².